The fraction of sp³-hybridized carbons (Fsp3) is 0.133. The van der Waals surface area contributed by atoms with Crippen molar-refractivity contribution in [3.05, 3.63) is 62.0 Å². The van der Waals surface area contributed by atoms with E-state index in [-0.39, 0.29) is 0 Å². The van der Waals surface area contributed by atoms with Gasteiger partial charge in [0.2, 0.25) is 0 Å². The first kappa shape index (κ1) is 14.1. The van der Waals surface area contributed by atoms with Crippen molar-refractivity contribution in [2.24, 2.45) is 0 Å². The van der Waals surface area contributed by atoms with Gasteiger partial charge < -0.3 is 5.32 Å². The molecule has 0 atom stereocenters. The smallest absolute Gasteiger partial charge is 0.101 e. The van der Waals surface area contributed by atoms with Gasteiger partial charge in [0.05, 0.1) is 11.3 Å². The maximum Gasteiger partial charge on any atom is 0.101 e. The average Bonchev–Trinajstić information content (AvgIpc) is 2.40. The van der Waals surface area contributed by atoms with Gasteiger partial charge in [0, 0.05) is 15.5 Å². The molecule has 2 rings (SSSR count). The molecule has 0 spiro atoms. The van der Waals surface area contributed by atoms with Gasteiger partial charge in [-0.1, -0.05) is 44.0 Å². The molecular weight excluding hydrogens is 368 g/mol. The van der Waals surface area contributed by atoms with Crippen molar-refractivity contribution in [3.63, 3.8) is 0 Å². The van der Waals surface area contributed by atoms with Gasteiger partial charge in [-0.2, -0.15) is 5.26 Å². The van der Waals surface area contributed by atoms with Crippen LogP contribution in [0.15, 0.2) is 45.3 Å². The van der Waals surface area contributed by atoms with Crippen molar-refractivity contribution in [3.8, 4) is 6.07 Å². The highest BCUT2D eigenvalue weighted by Gasteiger charge is 2.03. The van der Waals surface area contributed by atoms with Crippen LogP contribution in [0, 0.1) is 18.3 Å². The quantitative estimate of drug-likeness (QED) is 0.813. The van der Waals surface area contributed by atoms with E-state index < -0.39 is 0 Å². The van der Waals surface area contributed by atoms with Crippen LogP contribution < -0.4 is 5.32 Å². The Morgan fingerprint density at radius 2 is 1.95 bits per heavy atom. The van der Waals surface area contributed by atoms with Gasteiger partial charge in [-0.05, 0) is 42.3 Å². The third-order valence-corrected chi connectivity index (χ3v) is 4.19. The van der Waals surface area contributed by atoms with E-state index in [0.29, 0.717) is 12.1 Å². The zero-order valence-corrected chi connectivity index (χ0v) is 13.5. The van der Waals surface area contributed by atoms with Crippen molar-refractivity contribution in [2.45, 2.75) is 13.5 Å². The van der Waals surface area contributed by atoms with Crippen LogP contribution in [0.2, 0.25) is 0 Å². The molecule has 0 amide bonds. The van der Waals surface area contributed by atoms with Crippen LogP contribution in [0.5, 0.6) is 0 Å². The third kappa shape index (κ3) is 3.59. The SMILES string of the molecule is Cc1cc(CNc2cc(Br)ccc2C#N)ccc1Br. The van der Waals surface area contributed by atoms with Crippen LogP contribution in [0.25, 0.3) is 0 Å². The number of benzene rings is 2. The van der Waals surface area contributed by atoms with Gasteiger partial charge in [-0.3, -0.25) is 0 Å². The molecule has 0 fully saturated rings. The first-order valence-electron chi connectivity index (χ1n) is 5.78. The van der Waals surface area contributed by atoms with Crippen LogP contribution in [0.4, 0.5) is 5.69 Å². The molecule has 4 heteroatoms. The molecular formula is C15H12Br2N2. The summed E-state index contributed by atoms with van der Waals surface area (Å²) in [6, 6.07) is 14.0. The molecule has 0 bridgehead atoms. The highest BCUT2D eigenvalue weighted by molar-refractivity contribution is 9.10. The van der Waals surface area contributed by atoms with Crippen LogP contribution in [0.1, 0.15) is 16.7 Å². The number of nitrogens with zero attached hydrogens (tertiary/aromatic N) is 1. The number of nitrogens with one attached hydrogen (secondary N) is 1. The fourth-order valence-electron chi connectivity index (χ4n) is 1.77. The molecule has 96 valence electrons. The fourth-order valence-corrected chi connectivity index (χ4v) is 2.38. The maximum absolute atomic E-state index is 9.08. The molecule has 0 aromatic heterocycles. The molecule has 19 heavy (non-hydrogen) atoms. The minimum Gasteiger partial charge on any atom is -0.380 e. The lowest BCUT2D eigenvalue weighted by Gasteiger charge is -2.10. The Hall–Kier alpha value is -1.31. The van der Waals surface area contributed by atoms with E-state index in [1.54, 1.807) is 6.07 Å². The summed E-state index contributed by atoms with van der Waals surface area (Å²) in [5.41, 5.74) is 3.88. The normalized spacial score (nSPS) is 10.0. The monoisotopic (exact) mass is 378 g/mol. The predicted octanol–water partition coefficient (Wildman–Crippen LogP) is 5.00. The second-order valence-electron chi connectivity index (χ2n) is 4.24. The van der Waals surface area contributed by atoms with Crippen molar-refractivity contribution >= 4 is 37.5 Å². The summed E-state index contributed by atoms with van der Waals surface area (Å²) in [7, 11) is 0. The zero-order chi connectivity index (χ0) is 13.8. The Labute approximate surface area is 129 Å². The maximum atomic E-state index is 9.08. The number of anilines is 1. The van der Waals surface area contributed by atoms with Gasteiger partial charge in [0.15, 0.2) is 0 Å². The van der Waals surface area contributed by atoms with E-state index in [4.69, 9.17) is 5.26 Å². The summed E-state index contributed by atoms with van der Waals surface area (Å²) in [6.45, 7) is 2.76. The average molecular weight is 380 g/mol. The summed E-state index contributed by atoms with van der Waals surface area (Å²) in [5.74, 6) is 0. The molecule has 0 heterocycles. The van der Waals surface area contributed by atoms with E-state index in [1.165, 1.54) is 11.1 Å². The highest BCUT2D eigenvalue weighted by atomic mass is 79.9. The van der Waals surface area contributed by atoms with E-state index in [2.05, 4.69) is 62.3 Å². The van der Waals surface area contributed by atoms with E-state index in [0.717, 1.165) is 14.6 Å². The summed E-state index contributed by atoms with van der Waals surface area (Å²) in [4.78, 5) is 0. The number of rotatable bonds is 3. The molecule has 1 N–H and O–H groups in total. The Morgan fingerprint density at radius 3 is 2.63 bits per heavy atom. The Balaban J connectivity index is 2.16. The second-order valence-corrected chi connectivity index (χ2v) is 6.01. The topological polar surface area (TPSA) is 35.8 Å². The molecule has 0 aliphatic heterocycles. The molecule has 0 radical (unpaired) electrons. The molecule has 0 unspecified atom stereocenters. The molecule has 2 nitrogen and oxygen atoms in total. The van der Waals surface area contributed by atoms with E-state index in [1.807, 2.05) is 18.2 Å². The lowest BCUT2D eigenvalue weighted by molar-refractivity contribution is 1.13. The van der Waals surface area contributed by atoms with Crippen molar-refractivity contribution in [2.75, 3.05) is 5.32 Å². The van der Waals surface area contributed by atoms with Crippen LogP contribution in [0.3, 0.4) is 0 Å². The van der Waals surface area contributed by atoms with Crippen molar-refractivity contribution < 1.29 is 0 Å². The number of aryl methyl sites for hydroxylation is 1. The van der Waals surface area contributed by atoms with E-state index >= 15 is 0 Å². The Morgan fingerprint density at radius 1 is 1.16 bits per heavy atom. The van der Waals surface area contributed by atoms with Gasteiger partial charge in [-0.25, -0.2) is 0 Å². The van der Waals surface area contributed by atoms with Crippen molar-refractivity contribution in [1.82, 2.24) is 0 Å². The van der Waals surface area contributed by atoms with Crippen molar-refractivity contribution in [1.29, 1.82) is 5.26 Å². The predicted molar refractivity (Wildman–Crippen MR) is 85.1 cm³/mol. The second kappa shape index (κ2) is 6.23. The Kier molecular flexibility index (Phi) is 4.62. The number of halogens is 2. The zero-order valence-electron chi connectivity index (χ0n) is 10.4. The largest absolute Gasteiger partial charge is 0.380 e. The van der Waals surface area contributed by atoms with Crippen LogP contribution >= 0.6 is 31.9 Å². The van der Waals surface area contributed by atoms with Gasteiger partial charge in [-0.15, -0.1) is 0 Å². The molecule has 0 aliphatic carbocycles. The highest BCUT2D eigenvalue weighted by Crippen LogP contribution is 2.22. The summed E-state index contributed by atoms with van der Waals surface area (Å²) >= 11 is 6.91. The standard InChI is InChI=1S/C15H12Br2N2/c1-10-6-11(2-5-14(10)17)9-19-15-7-13(16)4-3-12(15)8-18/h2-7,19H,9H2,1H3. The molecule has 0 saturated carbocycles. The molecule has 0 saturated heterocycles. The summed E-state index contributed by atoms with van der Waals surface area (Å²) in [6.07, 6.45) is 0. The van der Waals surface area contributed by atoms with Crippen LogP contribution in [-0.2, 0) is 6.54 Å². The molecule has 0 aliphatic rings. The van der Waals surface area contributed by atoms with Crippen LogP contribution in [-0.4, -0.2) is 0 Å². The van der Waals surface area contributed by atoms with Gasteiger partial charge in [0.25, 0.3) is 0 Å². The molecule has 2 aromatic rings. The molecule has 2 aromatic carbocycles. The third-order valence-electron chi connectivity index (χ3n) is 2.81. The minimum absolute atomic E-state index is 0.650. The Bertz CT molecular complexity index is 645. The van der Waals surface area contributed by atoms with E-state index in [9.17, 15) is 0 Å². The summed E-state index contributed by atoms with van der Waals surface area (Å²) in [5, 5.41) is 12.4. The number of hydrogen-bond acceptors (Lipinski definition) is 2. The lowest BCUT2D eigenvalue weighted by Crippen LogP contribution is -2.01. The first-order chi connectivity index (χ1) is 9.10. The number of hydrogen-bond donors (Lipinski definition) is 1. The van der Waals surface area contributed by atoms with Gasteiger partial charge >= 0.3 is 0 Å². The van der Waals surface area contributed by atoms with Gasteiger partial charge in [0.1, 0.15) is 6.07 Å². The number of nitriles is 1. The summed E-state index contributed by atoms with van der Waals surface area (Å²) < 4.78 is 2.07. The minimum atomic E-state index is 0.650. The first-order valence-corrected chi connectivity index (χ1v) is 7.37. The lowest BCUT2D eigenvalue weighted by atomic mass is 10.1.